The van der Waals surface area contributed by atoms with Crippen LogP contribution in [0.4, 0.5) is 4.39 Å². The smallest absolute Gasteiger partial charge is 0.213 e. The van der Waals surface area contributed by atoms with E-state index in [4.69, 9.17) is 4.98 Å². The number of pyridine rings is 2. The van der Waals surface area contributed by atoms with E-state index < -0.39 is 0 Å². The van der Waals surface area contributed by atoms with Crippen molar-refractivity contribution in [3.05, 3.63) is 95.7 Å². The Bertz CT molecular complexity index is 1290. The lowest BCUT2D eigenvalue weighted by Crippen LogP contribution is -2.32. The topological polar surface area (TPSA) is 16.8 Å². The van der Waals surface area contributed by atoms with Crippen molar-refractivity contribution >= 4 is 0 Å². The van der Waals surface area contributed by atoms with E-state index in [1.807, 2.05) is 24.4 Å². The molecule has 5 rings (SSSR count). The van der Waals surface area contributed by atoms with Crippen molar-refractivity contribution in [1.29, 1.82) is 0 Å². The maximum Gasteiger partial charge on any atom is 0.213 e. The lowest BCUT2D eigenvalue weighted by Gasteiger charge is -2.23. The summed E-state index contributed by atoms with van der Waals surface area (Å²) in [6, 6.07) is 19.6. The second-order valence-electron chi connectivity index (χ2n) is 8.62. The van der Waals surface area contributed by atoms with Crippen LogP contribution in [0.2, 0.25) is 0 Å². The molecule has 0 radical (unpaired) electrons. The molecule has 2 aromatic heterocycles. The SMILES string of the molecule is Cc1ccc2c(c1-c1cc(-c3ccc(F)cc3)cc[n+]1C)C(C)(C)c1ncccc1-2. The molecule has 0 N–H and O–H groups in total. The van der Waals surface area contributed by atoms with Crippen molar-refractivity contribution in [2.24, 2.45) is 7.05 Å². The Hall–Kier alpha value is -3.33. The van der Waals surface area contributed by atoms with E-state index in [2.05, 4.69) is 68.9 Å². The molecule has 0 spiro atoms. The number of benzene rings is 2. The van der Waals surface area contributed by atoms with Gasteiger partial charge in [0.15, 0.2) is 6.20 Å². The van der Waals surface area contributed by atoms with Gasteiger partial charge in [-0.15, -0.1) is 0 Å². The molecule has 0 fully saturated rings. The van der Waals surface area contributed by atoms with Crippen LogP contribution in [-0.4, -0.2) is 4.98 Å². The normalized spacial score (nSPS) is 13.8. The molecule has 2 heterocycles. The van der Waals surface area contributed by atoms with Crippen LogP contribution < -0.4 is 4.57 Å². The Kier molecular flexibility index (Phi) is 4.11. The molecule has 148 valence electrons. The van der Waals surface area contributed by atoms with Crippen LogP contribution in [0.5, 0.6) is 0 Å². The third-order valence-corrected chi connectivity index (χ3v) is 6.31. The molecule has 0 aliphatic heterocycles. The third-order valence-electron chi connectivity index (χ3n) is 6.31. The number of nitrogens with zero attached hydrogens (tertiary/aromatic N) is 2. The Morgan fingerprint density at radius 3 is 2.43 bits per heavy atom. The van der Waals surface area contributed by atoms with Crippen LogP contribution in [0.15, 0.2) is 73.1 Å². The highest BCUT2D eigenvalue weighted by Gasteiger charge is 2.40. The predicted molar refractivity (Wildman–Crippen MR) is 119 cm³/mol. The van der Waals surface area contributed by atoms with E-state index in [9.17, 15) is 4.39 Å². The van der Waals surface area contributed by atoms with Crippen molar-refractivity contribution in [3.8, 4) is 33.5 Å². The van der Waals surface area contributed by atoms with Crippen LogP contribution in [-0.2, 0) is 12.5 Å². The lowest BCUT2D eigenvalue weighted by molar-refractivity contribution is -0.660. The van der Waals surface area contributed by atoms with E-state index in [-0.39, 0.29) is 11.2 Å². The summed E-state index contributed by atoms with van der Waals surface area (Å²) < 4.78 is 15.6. The average Bonchev–Trinajstić information content (AvgIpc) is 2.97. The molecule has 2 nitrogen and oxygen atoms in total. The first-order valence-electron chi connectivity index (χ1n) is 10.2. The molecule has 3 heteroatoms. The molecule has 2 aromatic carbocycles. The van der Waals surface area contributed by atoms with Crippen molar-refractivity contribution in [2.75, 3.05) is 0 Å². The van der Waals surface area contributed by atoms with Crippen molar-refractivity contribution in [1.82, 2.24) is 4.98 Å². The summed E-state index contributed by atoms with van der Waals surface area (Å²) in [5.41, 5.74) is 10.5. The van der Waals surface area contributed by atoms with Gasteiger partial charge in [-0.2, -0.15) is 0 Å². The molecule has 0 bridgehead atoms. The van der Waals surface area contributed by atoms with E-state index in [0.29, 0.717) is 0 Å². The minimum absolute atomic E-state index is 0.188. The fourth-order valence-corrected chi connectivity index (χ4v) is 4.79. The maximum atomic E-state index is 13.4. The summed E-state index contributed by atoms with van der Waals surface area (Å²) in [7, 11) is 2.08. The van der Waals surface area contributed by atoms with Gasteiger partial charge in [-0.1, -0.05) is 44.2 Å². The highest BCUT2D eigenvalue weighted by atomic mass is 19.1. The zero-order chi connectivity index (χ0) is 21.0. The molecule has 0 amide bonds. The second-order valence-corrected chi connectivity index (χ2v) is 8.62. The summed E-state index contributed by atoms with van der Waals surface area (Å²) in [5.74, 6) is -0.218. The van der Waals surface area contributed by atoms with Gasteiger partial charge in [0.25, 0.3) is 0 Å². The number of fused-ring (bicyclic) bond motifs is 3. The average molecular weight is 396 g/mol. The third kappa shape index (κ3) is 2.69. The van der Waals surface area contributed by atoms with Gasteiger partial charge in [0, 0.05) is 29.3 Å². The number of halogens is 1. The molecule has 1 aliphatic carbocycles. The predicted octanol–water partition coefficient (Wildman–Crippen LogP) is 5.99. The van der Waals surface area contributed by atoms with Crippen LogP contribution in [0.3, 0.4) is 0 Å². The first-order chi connectivity index (χ1) is 14.4. The van der Waals surface area contributed by atoms with Gasteiger partial charge in [-0.25, -0.2) is 8.96 Å². The van der Waals surface area contributed by atoms with Gasteiger partial charge in [-0.3, -0.25) is 4.98 Å². The Morgan fingerprint density at radius 1 is 0.900 bits per heavy atom. The Labute approximate surface area is 176 Å². The highest BCUT2D eigenvalue weighted by molar-refractivity contribution is 5.87. The van der Waals surface area contributed by atoms with Crippen molar-refractivity contribution in [2.45, 2.75) is 26.2 Å². The molecule has 1 aliphatic rings. The molecule has 0 unspecified atom stereocenters. The first kappa shape index (κ1) is 18.7. The van der Waals surface area contributed by atoms with E-state index >= 15 is 0 Å². The molecule has 0 saturated heterocycles. The molecule has 0 saturated carbocycles. The first-order valence-corrected chi connectivity index (χ1v) is 10.2. The fourth-order valence-electron chi connectivity index (χ4n) is 4.79. The number of rotatable bonds is 2. The van der Waals surface area contributed by atoms with Crippen molar-refractivity contribution in [3.63, 3.8) is 0 Å². The molecule has 30 heavy (non-hydrogen) atoms. The minimum atomic E-state index is -0.218. The number of hydrogen-bond donors (Lipinski definition) is 0. The zero-order valence-electron chi connectivity index (χ0n) is 17.7. The molecular formula is C27H24FN2+. The van der Waals surface area contributed by atoms with E-state index in [0.717, 1.165) is 22.5 Å². The Balaban J connectivity index is 1.78. The molecule has 4 aromatic rings. The maximum absolute atomic E-state index is 13.4. The van der Waals surface area contributed by atoms with Crippen LogP contribution in [0, 0.1) is 12.7 Å². The fraction of sp³-hybridized carbons (Fsp3) is 0.185. The van der Waals surface area contributed by atoms with Gasteiger partial charge in [0.2, 0.25) is 5.69 Å². The highest BCUT2D eigenvalue weighted by Crippen LogP contribution is 2.51. The quantitative estimate of drug-likeness (QED) is 0.381. The van der Waals surface area contributed by atoms with Crippen LogP contribution in [0.25, 0.3) is 33.5 Å². The number of hydrogen-bond acceptors (Lipinski definition) is 1. The van der Waals surface area contributed by atoms with E-state index in [1.165, 1.54) is 39.9 Å². The van der Waals surface area contributed by atoms with Gasteiger partial charge in [-0.05, 0) is 52.9 Å². The van der Waals surface area contributed by atoms with Gasteiger partial charge >= 0.3 is 0 Å². The van der Waals surface area contributed by atoms with E-state index in [1.54, 1.807) is 0 Å². The van der Waals surface area contributed by atoms with Gasteiger partial charge in [0.05, 0.1) is 11.3 Å². The van der Waals surface area contributed by atoms with Crippen molar-refractivity contribution < 1.29 is 8.96 Å². The largest absolute Gasteiger partial charge is 0.260 e. The summed E-state index contributed by atoms with van der Waals surface area (Å²) in [6.45, 7) is 6.70. The molecular weight excluding hydrogens is 371 g/mol. The number of aromatic nitrogens is 2. The van der Waals surface area contributed by atoms with Crippen LogP contribution >= 0.6 is 0 Å². The summed E-state index contributed by atoms with van der Waals surface area (Å²) in [4.78, 5) is 4.74. The monoisotopic (exact) mass is 395 g/mol. The zero-order valence-corrected chi connectivity index (χ0v) is 17.7. The number of aryl methyl sites for hydroxylation is 2. The summed E-state index contributed by atoms with van der Waals surface area (Å²) in [6.07, 6.45) is 3.97. The molecule has 0 atom stereocenters. The van der Waals surface area contributed by atoms with Crippen LogP contribution in [0.1, 0.15) is 30.7 Å². The lowest BCUT2D eigenvalue weighted by atomic mass is 9.80. The summed E-state index contributed by atoms with van der Waals surface area (Å²) >= 11 is 0. The van der Waals surface area contributed by atoms with Gasteiger partial charge in [0.1, 0.15) is 12.9 Å². The standard InChI is InChI=1S/C27H24FN2/c1-17-7-12-21-22-6-5-14-29-26(22)27(2,3)25(21)24(17)23-16-19(13-15-30(23)4)18-8-10-20(28)11-9-18/h5-16H,1-4H3/q+1. The summed E-state index contributed by atoms with van der Waals surface area (Å²) in [5, 5.41) is 0. The Morgan fingerprint density at radius 2 is 1.67 bits per heavy atom. The minimum Gasteiger partial charge on any atom is -0.260 e. The van der Waals surface area contributed by atoms with Gasteiger partial charge < -0.3 is 0 Å². The second kappa shape index (κ2) is 6.60.